The van der Waals surface area contributed by atoms with E-state index in [-0.39, 0.29) is 12.1 Å². The van der Waals surface area contributed by atoms with Gasteiger partial charge in [-0.1, -0.05) is 30.3 Å². The maximum absolute atomic E-state index is 9.73. The summed E-state index contributed by atoms with van der Waals surface area (Å²) in [4.78, 5) is 9.15. The minimum absolute atomic E-state index is 0.234. The van der Waals surface area contributed by atoms with Gasteiger partial charge in [-0.05, 0) is 33.0 Å². The van der Waals surface area contributed by atoms with Crippen LogP contribution in [0, 0.1) is 0 Å². The molecule has 0 aliphatic carbocycles. The van der Waals surface area contributed by atoms with Crippen LogP contribution in [0.1, 0.15) is 24.9 Å². The monoisotopic (exact) mass is 304 g/mol. The molecular weight excluding hydrogens is 276 g/mol. The summed E-state index contributed by atoms with van der Waals surface area (Å²) in [5, 5.41) is 13.1. The van der Waals surface area contributed by atoms with E-state index in [9.17, 15) is 5.11 Å². The van der Waals surface area contributed by atoms with Crippen LogP contribution in [0.5, 0.6) is 0 Å². The number of benzene rings is 1. The van der Waals surface area contributed by atoms with Crippen molar-refractivity contribution in [1.82, 2.24) is 15.1 Å². The summed E-state index contributed by atoms with van der Waals surface area (Å²) in [6.45, 7) is 5.15. The molecule has 0 saturated carbocycles. The average molecular weight is 304 g/mol. The lowest BCUT2D eigenvalue weighted by Crippen LogP contribution is -2.41. The first kappa shape index (κ1) is 16.8. The summed E-state index contributed by atoms with van der Waals surface area (Å²) in [5.74, 6) is 0.904. The highest BCUT2D eigenvalue weighted by Crippen LogP contribution is 2.18. The number of likely N-dealkylation sites (tertiary alicyclic amines) is 1. The fourth-order valence-corrected chi connectivity index (χ4v) is 2.77. The van der Waals surface area contributed by atoms with Crippen LogP contribution < -0.4 is 5.32 Å². The second-order valence-electron chi connectivity index (χ2n) is 5.97. The first-order valence-electron chi connectivity index (χ1n) is 8.04. The largest absolute Gasteiger partial charge is 0.391 e. The molecule has 1 saturated heterocycles. The zero-order chi connectivity index (χ0) is 15.9. The van der Waals surface area contributed by atoms with Crippen molar-refractivity contribution < 1.29 is 5.11 Å². The topological polar surface area (TPSA) is 51.1 Å². The first-order valence-corrected chi connectivity index (χ1v) is 8.04. The standard InChI is InChI=1S/C17H28N4O/c1-4-18-17(21-11-10-15(22)13-21)19-12-16(20(2)3)14-8-6-5-7-9-14/h5-9,15-16,22H,4,10-13H2,1-3H3,(H,18,19)/t15-,16?/m1/s1. The van der Waals surface area contributed by atoms with Gasteiger partial charge in [-0.3, -0.25) is 4.99 Å². The number of guanidine groups is 1. The minimum atomic E-state index is -0.234. The predicted molar refractivity (Wildman–Crippen MR) is 91.0 cm³/mol. The van der Waals surface area contributed by atoms with Gasteiger partial charge in [0.1, 0.15) is 0 Å². The summed E-state index contributed by atoms with van der Waals surface area (Å²) in [5.41, 5.74) is 1.27. The lowest BCUT2D eigenvalue weighted by molar-refractivity contribution is 0.187. The van der Waals surface area contributed by atoms with Crippen LogP contribution >= 0.6 is 0 Å². The second kappa shape index (κ2) is 8.15. The maximum atomic E-state index is 9.73. The van der Waals surface area contributed by atoms with Crippen LogP contribution in [0.3, 0.4) is 0 Å². The van der Waals surface area contributed by atoms with E-state index in [2.05, 4.69) is 60.4 Å². The Hall–Kier alpha value is -1.59. The van der Waals surface area contributed by atoms with Crippen molar-refractivity contribution in [3.05, 3.63) is 35.9 Å². The molecule has 5 nitrogen and oxygen atoms in total. The van der Waals surface area contributed by atoms with Crippen molar-refractivity contribution in [2.75, 3.05) is 40.3 Å². The number of aliphatic hydroxyl groups excluding tert-OH is 1. The maximum Gasteiger partial charge on any atom is 0.194 e. The Kier molecular flexibility index (Phi) is 6.21. The van der Waals surface area contributed by atoms with E-state index in [0.29, 0.717) is 13.1 Å². The zero-order valence-corrected chi connectivity index (χ0v) is 13.9. The highest BCUT2D eigenvalue weighted by Gasteiger charge is 2.23. The molecule has 2 rings (SSSR count). The zero-order valence-electron chi connectivity index (χ0n) is 13.9. The van der Waals surface area contributed by atoms with Gasteiger partial charge in [0.25, 0.3) is 0 Å². The summed E-state index contributed by atoms with van der Waals surface area (Å²) >= 11 is 0. The molecule has 1 fully saturated rings. The number of likely N-dealkylation sites (N-methyl/N-ethyl adjacent to an activating group) is 1. The molecule has 1 aromatic rings. The molecule has 2 atom stereocenters. The molecule has 2 N–H and O–H groups in total. The normalized spacial score (nSPS) is 20.5. The van der Waals surface area contributed by atoms with Crippen LogP contribution in [-0.4, -0.2) is 67.2 Å². The van der Waals surface area contributed by atoms with Gasteiger partial charge in [0.15, 0.2) is 5.96 Å². The number of hydrogen-bond acceptors (Lipinski definition) is 3. The van der Waals surface area contributed by atoms with Crippen LogP contribution in [0.25, 0.3) is 0 Å². The van der Waals surface area contributed by atoms with E-state index in [1.165, 1.54) is 5.56 Å². The minimum Gasteiger partial charge on any atom is -0.391 e. The van der Waals surface area contributed by atoms with Gasteiger partial charge in [-0.25, -0.2) is 0 Å². The van der Waals surface area contributed by atoms with Crippen molar-refractivity contribution in [3.8, 4) is 0 Å². The van der Waals surface area contributed by atoms with E-state index in [4.69, 9.17) is 4.99 Å². The number of β-amino-alcohol motifs (C(OH)–C–C–N with tert-alkyl or cyclic N) is 1. The lowest BCUT2D eigenvalue weighted by atomic mass is 10.1. The van der Waals surface area contributed by atoms with Gasteiger partial charge in [0.05, 0.1) is 18.7 Å². The third-order valence-corrected chi connectivity index (χ3v) is 4.02. The molecule has 0 aromatic heterocycles. The average Bonchev–Trinajstić information content (AvgIpc) is 2.93. The molecule has 5 heteroatoms. The van der Waals surface area contributed by atoms with Crippen molar-refractivity contribution in [2.45, 2.75) is 25.5 Å². The Morgan fingerprint density at radius 1 is 1.41 bits per heavy atom. The Labute approximate surface area is 133 Å². The molecule has 1 unspecified atom stereocenters. The summed E-state index contributed by atoms with van der Waals surface area (Å²) in [7, 11) is 4.17. The van der Waals surface area contributed by atoms with E-state index in [1.807, 2.05) is 6.07 Å². The Balaban J connectivity index is 2.10. The fourth-order valence-electron chi connectivity index (χ4n) is 2.77. The molecule has 1 aliphatic heterocycles. The smallest absolute Gasteiger partial charge is 0.194 e. The predicted octanol–water partition coefficient (Wildman–Crippen LogP) is 1.32. The SMILES string of the molecule is CCNC(=NCC(c1ccccc1)N(C)C)N1CC[C@@H](O)C1. The van der Waals surface area contributed by atoms with Gasteiger partial charge in [-0.2, -0.15) is 0 Å². The quantitative estimate of drug-likeness (QED) is 0.636. The van der Waals surface area contributed by atoms with E-state index < -0.39 is 0 Å². The molecule has 122 valence electrons. The van der Waals surface area contributed by atoms with Crippen molar-refractivity contribution >= 4 is 5.96 Å². The van der Waals surface area contributed by atoms with E-state index in [0.717, 1.165) is 25.5 Å². The van der Waals surface area contributed by atoms with Crippen LogP contribution in [-0.2, 0) is 0 Å². The van der Waals surface area contributed by atoms with Crippen molar-refractivity contribution in [1.29, 1.82) is 0 Å². The third-order valence-electron chi connectivity index (χ3n) is 4.02. The Morgan fingerprint density at radius 3 is 2.68 bits per heavy atom. The van der Waals surface area contributed by atoms with Crippen molar-refractivity contribution in [3.63, 3.8) is 0 Å². The number of rotatable bonds is 5. The van der Waals surface area contributed by atoms with E-state index >= 15 is 0 Å². The van der Waals surface area contributed by atoms with Crippen LogP contribution in [0.2, 0.25) is 0 Å². The number of aliphatic imine (C=N–C) groups is 1. The molecule has 0 spiro atoms. The van der Waals surface area contributed by atoms with Crippen molar-refractivity contribution in [2.24, 2.45) is 4.99 Å². The van der Waals surface area contributed by atoms with Crippen LogP contribution in [0.15, 0.2) is 35.3 Å². The number of hydrogen-bond donors (Lipinski definition) is 2. The highest BCUT2D eigenvalue weighted by atomic mass is 16.3. The lowest BCUT2D eigenvalue weighted by Gasteiger charge is -2.25. The summed E-state index contributed by atoms with van der Waals surface area (Å²) in [6, 6.07) is 10.7. The fraction of sp³-hybridized carbons (Fsp3) is 0.588. The molecule has 1 aliphatic rings. The molecule has 0 radical (unpaired) electrons. The molecule has 0 amide bonds. The van der Waals surface area contributed by atoms with Gasteiger partial charge in [0, 0.05) is 19.6 Å². The van der Waals surface area contributed by atoms with Gasteiger partial charge < -0.3 is 20.2 Å². The van der Waals surface area contributed by atoms with E-state index in [1.54, 1.807) is 0 Å². The van der Waals surface area contributed by atoms with Gasteiger partial charge in [-0.15, -0.1) is 0 Å². The molecule has 1 heterocycles. The molecule has 0 bridgehead atoms. The highest BCUT2D eigenvalue weighted by molar-refractivity contribution is 5.80. The van der Waals surface area contributed by atoms with Gasteiger partial charge >= 0.3 is 0 Å². The third kappa shape index (κ3) is 4.45. The second-order valence-corrected chi connectivity index (χ2v) is 5.97. The first-order chi connectivity index (χ1) is 10.6. The molecule has 1 aromatic carbocycles. The van der Waals surface area contributed by atoms with Gasteiger partial charge in [0.2, 0.25) is 0 Å². The Morgan fingerprint density at radius 2 is 2.14 bits per heavy atom. The Bertz CT molecular complexity index is 475. The number of aliphatic hydroxyl groups is 1. The van der Waals surface area contributed by atoms with Crippen LogP contribution in [0.4, 0.5) is 0 Å². The summed E-state index contributed by atoms with van der Waals surface area (Å²) < 4.78 is 0. The molecular formula is C17H28N4O. The summed E-state index contributed by atoms with van der Waals surface area (Å²) in [6.07, 6.45) is 0.586. The number of nitrogens with zero attached hydrogens (tertiary/aromatic N) is 3. The number of nitrogens with one attached hydrogen (secondary N) is 1. The molecule has 22 heavy (non-hydrogen) atoms.